The fraction of sp³-hybridized carbons (Fsp3) is 1.00. The minimum atomic E-state index is 0.488. The number of rotatable bonds is 5. The van der Waals surface area contributed by atoms with Crippen LogP contribution in [0.25, 0.3) is 0 Å². The molecule has 4 nitrogen and oxygen atoms in total. The van der Waals surface area contributed by atoms with Gasteiger partial charge in [0, 0.05) is 38.3 Å². The van der Waals surface area contributed by atoms with Gasteiger partial charge in [0.15, 0.2) is 0 Å². The van der Waals surface area contributed by atoms with E-state index in [0.717, 1.165) is 31.7 Å². The maximum atomic E-state index is 5.92. The quantitative estimate of drug-likeness (QED) is 0.774. The lowest BCUT2D eigenvalue weighted by Crippen LogP contribution is -2.50. The van der Waals surface area contributed by atoms with Crippen molar-refractivity contribution < 1.29 is 4.74 Å². The van der Waals surface area contributed by atoms with Crippen LogP contribution < -0.4 is 5.73 Å². The second-order valence-electron chi connectivity index (χ2n) is 6.70. The molecular formula is C16H31N3O. The molecule has 3 heterocycles. The summed E-state index contributed by atoms with van der Waals surface area (Å²) in [5, 5.41) is 0. The summed E-state index contributed by atoms with van der Waals surface area (Å²) >= 11 is 0. The average molecular weight is 281 g/mol. The molecule has 0 aliphatic carbocycles. The third-order valence-corrected chi connectivity index (χ3v) is 5.47. The zero-order chi connectivity index (χ0) is 13.8. The first kappa shape index (κ1) is 14.8. The van der Waals surface area contributed by atoms with Crippen molar-refractivity contribution in [3.8, 4) is 0 Å². The van der Waals surface area contributed by atoms with E-state index in [0.29, 0.717) is 6.10 Å². The van der Waals surface area contributed by atoms with Crippen molar-refractivity contribution in [1.82, 2.24) is 9.80 Å². The van der Waals surface area contributed by atoms with Crippen LogP contribution in [0.1, 0.15) is 44.9 Å². The van der Waals surface area contributed by atoms with Crippen LogP contribution in [-0.2, 0) is 4.74 Å². The molecule has 0 radical (unpaired) electrons. The predicted octanol–water partition coefficient (Wildman–Crippen LogP) is 1.44. The van der Waals surface area contributed by atoms with E-state index in [2.05, 4.69) is 9.80 Å². The summed E-state index contributed by atoms with van der Waals surface area (Å²) in [6, 6.07) is 1.69. The maximum Gasteiger partial charge on any atom is 0.0599 e. The average Bonchev–Trinajstić information content (AvgIpc) is 2.92. The number of fused-ring (bicyclic) bond motifs is 1. The summed E-state index contributed by atoms with van der Waals surface area (Å²) in [6.07, 6.45) is 9.60. The largest absolute Gasteiger partial charge is 0.378 e. The van der Waals surface area contributed by atoms with Gasteiger partial charge in [0.05, 0.1) is 6.10 Å². The van der Waals surface area contributed by atoms with Crippen LogP contribution in [0, 0.1) is 0 Å². The van der Waals surface area contributed by atoms with Gasteiger partial charge in [-0.3, -0.25) is 9.80 Å². The van der Waals surface area contributed by atoms with Crippen LogP contribution in [0.2, 0.25) is 0 Å². The van der Waals surface area contributed by atoms with Gasteiger partial charge in [0.25, 0.3) is 0 Å². The molecule has 3 rings (SSSR count). The lowest BCUT2D eigenvalue weighted by atomic mass is 9.95. The van der Waals surface area contributed by atoms with Gasteiger partial charge in [0.2, 0.25) is 0 Å². The van der Waals surface area contributed by atoms with Crippen LogP contribution in [0.4, 0.5) is 0 Å². The molecule has 3 saturated heterocycles. The SMILES string of the molecule is NCCCOC1CCN(C2CCN3CCCCC23)CC1. The Morgan fingerprint density at radius 1 is 0.850 bits per heavy atom. The number of hydrogen-bond donors (Lipinski definition) is 1. The monoisotopic (exact) mass is 281 g/mol. The number of nitrogens with two attached hydrogens (primary N) is 1. The zero-order valence-corrected chi connectivity index (χ0v) is 12.8. The van der Waals surface area contributed by atoms with Gasteiger partial charge in [-0.1, -0.05) is 6.42 Å². The highest BCUT2D eigenvalue weighted by molar-refractivity contribution is 4.96. The molecule has 0 saturated carbocycles. The molecule has 4 heteroatoms. The molecule has 0 spiro atoms. The number of likely N-dealkylation sites (tertiary alicyclic amines) is 1. The minimum absolute atomic E-state index is 0.488. The van der Waals surface area contributed by atoms with Crippen molar-refractivity contribution in [2.45, 2.75) is 63.1 Å². The van der Waals surface area contributed by atoms with Crippen molar-refractivity contribution in [1.29, 1.82) is 0 Å². The van der Waals surface area contributed by atoms with E-state index in [4.69, 9.17) is 10.5 Å². The molecule has 3 aliphatic heterocycles. The Balaban J connectivity index is 1.44. The summed E-state index contributed by atoms with van der Waals surface area (Å²) in [7, 11) is 0. The van der Waals surface area contributed by atoms with Gasteiger partial charge in [-0.15, -0.1) is 0 Å². The number of hydrogen-bond acceptors (Lipinski definition) is 4. The van der Waals surface area contributed by atoms with Crippen LogP contribution >= 0.6 is 0 Å². The van der Waals surface area contributed by atoms with Crippen LogP contribution in [0.3, 0.4) is 0 Å². The molecule has 2 atom stereocenters. The van der Waals surface area contributed by atoms with Gasteiger partial charge in [-0.25, -0.2) is 0 Å². The van der Waals surface area contributed by atoms with Crippen molar-refractivity contribution in [2.24, 2.45) is 5.73 Å². The lowest BCUT2D eigenvalue weighted by Gasteiger charge is -2.41. The van der Waals surface area contributed by atoms with E-state index in [-0.39, 0.29) is 0 Å². The molecule has 20 heavy (non-hydrogen) atoms. The molecule has 0 bridgehead atoms. The third-order valence-electron chi connectivity index (χ3n) is 5.47. The predicted molar refractivity (Wildman–Crippen MR) is 81.8 cm³/mol. The minimum Gasteiger partial charge on any atom is -0.378 e. The molecule has 0 aromatic rings. The topological polar surface area (TPSA) is 41.7 Å². The van der Waals surface area contributed by atoms with Gasteiger partial charge >= 0.3 is 0 Å². The third kappa shape index (κ3) is 3.35. The summed E-state index contributed by atoms with van der Waals surface area (Å²) in [6.45, 7) is 6.76. The molecule has 3 aliphatic rings. The Hall–Kier alpha value is -0.160. The highest BCUT2D eigenvalue weighted by Crippen LogP contribution is 2.32. The van der Waals surface area contributed by atoms with Crippen molar-refractivity contribution in [3.63, 3.8) is 0 Å². The van der Waals surface area contributed by atoms with Gasteiger partial charge in [-0.2, -0.15) is 0 Å². The van der Waals surface area contributed by atoms with E-state index in [1.54, 1.807) is 0 Å². The molecule has 0 aromatic heterocycles. The first-order valence-electron chi connectivity index (χ1n) is 8.68. The fourth-order valence-corrected chi connectivity index (χ4v) is 4.35. The lowest BCUT2D eigenvalue weighted by molar-refractivity contribution is -0.00791. The van der Waals surface area contributed by atoms with E-state index < -0.39 is 0 Å². The summed E-state index contributed by atoms with van der Waals surface area (Å²) in [4.78, 5) is 5.51. The maximum absolute atomic E-state index is 5.92. The standard InChI is InChI=1S/C16H31N3O/c17-8-3-13-20-14-5-10-19(11-6-14)16-7-12-18-9-2-1-4-15(16)18/h14-16H,1-13,17H2. The highest BCUT2D eigenvalue weighted by Gasteiger charge is 2.39. The van der Waals surface area contributed by atoms with Crippen LogP contribution in [-0.4, -0.2) is 67.3 Å². The highest BCUT2D eigenvalue weighted by atomic mass is 16.5. The fourth-order valence-electron chi connectivity index (χ4n) is 4.35. The van der Waals surface area contributed by atoms with Crippen molar-refractivity contribution >= 4 is 0 Å². The number of ether oxygens (including phenoxy) is 1. The van der Waals surface area contributed by atoms with Crippen molar-refractivity contribution in [2.75, 3.05) is 39.3 Å². The second-order valence-corrected chi connectivity index (χ2v) is 6.70. The molecule has 116 valence electrons. The van der Waals surface area contributed by atoms with E-state index in [1.165, 1.54) is 64.7 Å². The Labute approximate surface area is 123 Å². The number of nitrogens with zero attached hydrogens (tertiary/aromatic N) is 2. The Morgan fingerprint density at radius 2 is 1.55 bits per heavy atom. The van der Waals surface area contributed by atoms with Crippen LogP contribution in [0.5, 0.6) is 0 Å². The second kappa shape index (κ2) is 7.21. The molecular weight excluding hydrogens is 250 g/mol. The summed E-state index contributed by atoms with van der Waals surface area (Å²) in [5.41, 5.74) is 5.52. The Morgan fingerprint density at radius 3 is 2.35 bits per heavy atom. The molecule has 2 N–H and O–H groups in total. The van der Waals surface area contributed by atoms with Crippen LogP contribution in [0.15, 0.2) is 0 Å². The van der Waals surface area contributed by atoms with E-state index in [9.17, 15) is 0 Å². The Kier molecular flexibility index (Phi) is 5.32. The molecule has 3 fully saturated rings. The molecule has 0 amide bonds. The van der Waals surface area contributed by atoms with E-state index >= 15 is 0 Å². The van der Waals surface area contributed by atoms with Gasteiger partial charge in [0.1, 0.15) is 0 Å². The summed E-state index contributed by atoms with van der Waals surface area (Å²) < 4.78 is 5.92. The normalized spacial score (nSPS) is 33.5. The zero-order valence-electron chi connectivity index (χ0n) is 12.8. The van der Waals surface area contributed by atoms with Gasteiger partial charge in [-0.05, 0) is 51.6 Å². The van der Waals surface area contributed by atoms with Gasteiger partial charge < -0.3 is 10.5 Å². The Bertz CT molecular complexity index is 291. The van der Waals surface area contributed by atoms with Crippen molar-refractivity contribution in [3.05, 3.63) is 0 Å². The smallest absolute Gasteiger partial charge is 0.0599 e. The number of piperidine rings is 2. The van der Waals surface area contributed by atoms with E-state index in [1.807, 2.05) is 0 Å². The first-order chi connectivity index (χ1) is 9.88. The summed E-state index contributed by atoms with van der Waals surface area (Å²) in [5.74, 6) is 0. The molecule has 2 unspecified atom stereocenters. The first-order valence-corrected chi connectivity index (χ1v) is 8.68. The molecule has 0 aromatic carbocycles.